The molecule has 2 heterocycles. The molecule has 3 nitrogen and oxygen atoms in total. The Bertz CT molecular complexity index is 222. The van der Waals surface area contributed by atoms with Gasteiger partial charge in [-0.1, -0.05) is 0 Å². The molecule has 2 rings (SSSR count). The summed E-state index contributed by atoms with van der Waals surface area (Å²) in [7, 11) is 5.35. The summed E-state index contributed by atoms with van der Waals surface area (Å²) in [6.45, 7) is 1.73. The van der Waals surface area contributed by atoms with Gasteiger partial charge in [0.1, 0.15) is 11.6 Å². The summed E-state index contributed by atoms with van der Waals surface area (Å²) in [6.07, 6.45) is 0.927. The molecule has 0 fully saturated rings. The molecule has 0 aliphatic carbocycles. The minimum atomic E-state index is 0.286. The van der Waals surface area contributed by atoms with Gasteiger partial charge in [-0.3, -0.25) is 0 Å². The van der Waals surface area contributed by atoms with Crippen LogP contribution >= 0.6 is 0 Å². The largest absolute Gasteiger partial charge is 0.456 e. The quantitative estimate of drug-likeness (QED) is 0.468. The van der Waals surface area contributed by atoms with Gasteiger partial charge in [-0.05, 0) is 0 Å². The maximum absolute atomic E-state index is 5.35. The Morgan fingerprint density at radius 1 is 1.60 bits per heavy atom. The van der Waals surface area contributed by atoms with Crippen molar-refractivity contribution in [1.29, 1.82) is 0 Å². The minimum absolute atomic E-state index is 0.286. The second-order valence-electron chi connectivity index (χ2n) is 2.35. The van der Waals surface area contributed by atoms with Crippen LogP contribution in [0.5, 0.6) is 0 Å². The number of nitrogens with zero attached hydrogens (tertiary/aromatic N) is 1. The third-order valence-electron chi connectivity index (χ3n) is 1.62. The van der Waals surface area contributed by atoms with Crippen LogP contribution in [0.2, 0.25) is 0 Å². The van der Waals surface area contributed by atoms with E-state index in [2.05, 4.69) is 10.3 Å². The highest BCUT2D eigenvalue weighted by Crippen LogP contribution is 2.08. The minimum Gasteiger partial charge on any atom is -0.456 e. The molecule has 4 heteroatoms. The zero-order valence-electron chi connectivity index (χ0n) is 5.55. The van der Waals surface area contributed by atoms with E-state index in [1.165, 1.54) is 0 Å². The molecule has 0 spiro atoms. The Hall–Kier alpha value is -0.765. The molecule has 1 aliphatic heterocycles. The first-order valence-corrected chi connectivity index (χ1v) is 3.31. The van der Waals surface area contributed by atoms with Crippen molar-refractivity contribution in [3.63, 3.8) is 0 Å². The lowest BCUT2D eigenvalue weighted by Gasteiger charge is -2.08. The monoisotopic (exact) mass is 134 g/mol. The van der Waals surface area contributed by atoms with E-state index in [9.17, 15) is 0 Å². The van der Waals surface area contributed by atoms with Gasteiger partial charge in [0.05, 0.1) is 12.2 Å². The first-order chi connectivity index (χ1) is 4.86. The van der Waals surface area contributed by atoms with E-state index in [-0.39, 0.29) is 5.79 Å². The van der Waals surface area contributed by atoms with Gasteiger partial charge in [-0.25, -0.2) is 4.98 Å². The number of hydrogen-bond donors (Lipinski definition) is 1. The molecule has 1 aromatic rings. The molecule has 0 amide bonds. The van der Waals surface area contributed by atoms with Crippen molar-refractivity contribution in [3.8, 4) is 0 Å². The Labute approximate surface area is 60.2 Å². The molecule has 1 aliphatic rings. The van der Waals surface area contributed by atoms with E-state index in [4.69, 9.17) is 12.3 Å². The summed E-state index contributed by atoms with van der Waals surface area (Å²) in [5, 5.41) is 3.16. The van der Waals surface area contributed by atoms with Gasteiger partial charge < -0.3 is 9.73 Å². The Morgan fingerprint density at radius 2 is 2.50 bits per heavy atom. The summed E-state index contributed by atoms with van der Waals surface area (Å²) >= 11 is 0. The Kier molecular flexibility index (Phi) is 1.27. The summed E-state index contributed by atoms with van der Waals surface area (Å²) in [5.41, 5.74) is 1.01. The molecular weight excluding hydrogens is 127 g/mol. The van der Waals surface area contributed by atoms with Gasteiger partial charge in [0.25, 0.3) is 0 Å². The lowest BCUT2D eigenvalue weighted by atomic mass is 10.2. The van der Waals surface area contributed by atoms with Gasteiger partial charge in [-0.2, -0.15) is 0 Å². The van der Waals surface area contributed by atoms with Crippen LogP contribution in [-0.4, -0.2) is 19.4 Å². The molecule has 0 saturated carbocycles. The predicted molar refractivity (Wildman–Crippen MR) is 37.3 cm³/mol. The van der Waals surface area contributed by atoms with Gasteiger partial charge >= 0.3 is 0 Å². The summed E-state index contributed by atoms with van der Waals surface area (Å²) in [4.78, 5) is 4.02. The molecule has 2 radical (unpaired) electrons. The van der Waals surface area contributed by atoms with Crippen LogP contribution in [0.1, 0.15) is 11.5 Å². The van der Waals surface area contributed by atoms with E-state index in [1.807, 2.05) is 0 Å². The first kappa shape index (κ1) is 5.98. The van der Waals surface area contributed by atoms with Crippen LogP contribution in [0.15, 0.2) is 4.42 Å². The first-order valence-electron chi connectivity index (χ1n) is 3.31. The van der Waals surface area contributed by atoms with Gasteiger partial charge in [0.15, 0.2) is 7.85 Å². The van der Waals surface area contributed by atoms with Crippen LogP contribution in [-0.2, 0) is 13.0 Å². The van der Waals surface area contributed by atoms with Gasteiger partial charge in [0.2, 0.25) is 0 Å². The van der Waals surface area contributed by atoms with Crippen molar-refractivity contribution in [2.45, 2.75) is 13.0 Å². The fourth-order valence-electron chi connectivity index (χ4n) is 1.15. The highest BCUT2D eigenvalue weighted by molar-refractivity contribution is 6.28. The SMILES string of the molecule is [B]c1nc2c(o1)CNCC2. The highest BCUT2D eigenvalue weighted by atomic mass is 16.3. The summed E-state index contributed by atoms with van der Waals surface area (Å²) in [6, 6.07) is 0. The predicted octanol–water partition coefficient (Wildman–Crippen LogP) is -0.886. The van der Waals surface area contributed by atoms with Crippen LogP contribution in [0.3, 0.4) is 0 Å². The third-order valence-corrected chi connectivity index (χ3v) is 1.62. The number of hydrogen-bond acceptors (Lipinski definition) is 3. The fraction of sp³-hybridized carbons (Fsp3) is 0.500. The van der Waals surface area contributed by atoms with E-state index in [1.54, 1.807) is 0 Å². The van der Waals surface area contributed by atoms with Crippen LogP contribution < -0.4 is 11.1 Å². The molecule has 0 aromatic carbocycles. The normalized spacial score (nSPS) is 16.8. The van der Waals surface area contributed by atoms with Crippen molar-refractivity contribution in [2.75, 3.05) is 6.54 Å². The number of rotatable bonds is 0. The Balaban J connectivity index is 2.41. The van der Waals surface area contributed by atoms with Crippen LogP contribution in [0, 0.1) is 0 Å². The van der Waals surface area contributed by atoms with Crippen molar-refractivity contribution in [1.82, 2.24) is 10.3 Å². The number of nitrogens with one attached hydrogen (secondary N) is 1. The molecular formula is C6H7BN2O. The smallest absolute Gasteiger partial charge is 0.197 e. The van der Waals surface area contributed by atoms with E-state index < -0.39 is 0 Å². The molecule has 1 N–H and O–H groups in total. The third kappa shape index (κ3) is 0.846. The molecule has 0 unspecified atom stereocenters. The maximum atomic E-state index is 5.35. The lowest BCUT2D eigenvalue weighted by molar-refractivity contribution is 0.481. The number of oxazole rings is 1. The average molecular weight is 134 g/mol. The summed E-state index contributed by atoms with van der Waals surface area (Å²) < 4.78 is 5.11. The van der Waals surface area contributed by atoms with E-state index in [0.29, 0.717) is 0 Å². The molecule has 10 heavy (non-hydrogen) atoms. The zero-order chi connectivity index (χ0) is 6.97. The molecule has 1 aromatic heterocycles. The zero-order valence-corrected chi connectivity index (χ0v) is 5.55. The van der Waals surface area contributed by atoms with E-state index in [0.717, 1.165) is 31.0 Å². The molecule has 0 saturated heterocycles. The topological polar surface area (TPSA) is 38.1 Å². The maximum Gasteiger partial charge on any atom is 0.197 e. The molecule has 0 atom stereocenters. The average Bonchev–Trinajstić information content (AvgIpc) is 2.27. The van der Waals surface area contributed by atoms with Gasteiger partial charge in [0, 0.05) is 13.0 Å². The Morgan fingerprint density at radius 3 is 3.30 bits per heavy atom. The fourth-order valence-corrected chi connectivity index (χ4v) is 1.15. The number of aromatic nitrogens is 1. The van der Waals surface area contributed by atoms with Crippen LogP contribution in [0.25, 0.3) is 0 Å². The molecule has 0 bridgehead atoms. The van der Waals surface area contributed by atoms with Crippen molar-refractivity contribution >= 4 is 13.6 Å². The molecule has 50 valence electrons. The van der Waals surface area contributed by atoms with Crippen molar-refractivity contribution < 1.29 is 4.42 Å². The second-order valence-corrected chi connectivity index (χ2v) is 2.35. The van der Waals surface area contributed by atoms with E-state index >= 15 is 0 Å². The standard InChI is InChI=1S/C6H7BN2O/c7-6-9-4-1-2-8-3-5(4)10-6/h8H,1-3H2. The second kappa shape index (κ2) is 2.13. The van der Waals surface area contributed by atoms with Crippen molar-refractivity contribution in [3.05, 3.63) is 11.5 Å². The number of fused-ring (bicyclic) bond motifs is 1. The van der Waals surface area contributed by atoms with Crippen LogP contribution in [0.4, 0.5) is 0 Å². The van der Waals surface area contributed by atoms with Crippen molar-refractivity contribution in [2.24, 2.45) is 0 Å². The summed E-state index contributed by atoms with van der Waals surface area (Å²) in [5.74, 6) is 1.18. The van der Waals surface area contributed by atoms with Gasteiger partial charge in [-0.15, -0.1) is 0 Å². The highest BCUT2D eigenvalue weighted by Gasteiger charge is 2.13. The lowest BCUT2D eigenvalue weighted by Crippen LogP contribution is -2.22.